The van der Waals surface area contributed by atoms with Gasteiger partial charge >= 0.3 is 0 Å². The van der Waals surface area contributed by atoms with Gasteiger partial charge in [0.15, 0.2) is 5.82 Å². The van der Waals surface area contributed by atoms with Gasteiger partial charge in [0.25, 0.3) is 0 Å². The summed E-state index contributed by atoms with van der Waals surface area (Å²) < 4.78 is 5.08. The largest absolute Gasteiger partial charge is 0.338 e. The first kappa shape index (κ1) is 13.6. The molecule has 0 aromatic carbocycles. The molecule has 0 aliphatic heterocycles. The summed E-state index contributed by atoms with van der Waals surface area (Å²) in [5.41, 5.74) is 6.85. The average Bonchev–Trinajstić information content (AvgIpc) is 2.78. The molecule has 0 unspecified atom stereocenters. The molecule has 0 bridgehead atoms. The van der Waals surface area contributed by atoms with E-state index in [1.807, 2.05) is 19.1 Å². The molecule has 2 rings (SSSR count). The molecule has 17 heavy (non-hydrogen) atoms. The van der Waals surface area contributed by atoms with Crippen LogP contribution in [0, 0.1) is 0 Å². The second-order valence-corrected chi connectivity index (χ2v) is 3.60. The number of pyridine rings is 1. The summed E-state index contributed by atoms with van der Waals surface area (Å²) in [5.74, 6) is 1.15. The highest BCUT2D eigenvalue weighted by molar-refractivity contribution is 5.85. The first-order valence-electron chi connectivity index (χ1n) is 5.26. The van der Waals surface area contributed by atoms with Crippen molar-refractivity contribution < 1.29 is 4.52 Å². The van der Waals surface area contributed by atoms with Gasteiger partial charge in [0, 0.05) is 18.8 Å². The molecule has 92 valence electrons. The zero-order chi connectivity index (χ0) is 11.4. The lowest BCUT2D eigenvalue weighted by Crippen LogP contribution is -2.08. The Labute approximate surface area is 106 Å². The molecular formula is C11H15ClN4O. The van der Waals surface area contributed by atoms with Crippen LogP contribution in [0.3, 0.4) is 0 Å². The summed E-state index contributed by atoms with van der Waals surface area (Å²) >= 11 is 0. The van der Waals surface area contributed by atoms with E-state index in [1.54, 1.807) is 12.4 Å². The summed E-state index contributed by atoms with van der Waals surface area (Å²) in [4.78, 5) is 8.27. The van der Waals surface area contributed by atoms with Crippen molar-refractivity contribution in [1.82, 2.24) is 15.1 Å². The molecule has 0 fully saturated rings. The molecule has 1 atom stereocenters. The maximum atomic E-state index is 5.79. The van der Waals surface area contributed by atoms with E-state index in [1.165, 1.54) is 0 Å². The van der Waals surface area contributed by atoms with Crippen molar-refractivity contribution in [2.24, 2.45) is 5.73 Å². The summed E-state index contributed by atoms with van der Waals surface area (Å²) in [6.45, 7) is 1.98. The zero-order valence-corrected chi connectivity index (χ0v) is 10.4. The van der Waals surface area contributed by atoms with Crippen LogP contribution in [-0.4, -0.2) is 15.1 Å². The van der Waals surface area contributed by atoms with Crippen molar-refractivity contribution in [2.45, 2.75) is 25.8 Å². The van der Waals surface area contributed by atoms with Gasteiger partial charge < -0.3 is 10.3 Å². The molecule has 0 saturated carbocycles. The van der Waals surface area contributed by atoms with Crippen LogP contribution in [-0.2, 0) is 6.42 Å². The van der Waals surface area contributed by atoms with Crippen LogP contribution in [0.4, 0.5) is 0 Å². The van der Waals surface area contributed by atoms with Crippen molar-refractivity contribution in [1.29, 1.82) is 0 Å². The van der Waals surface area contributed by atoms with Crippen molar-refractivity contribution in [3.8, 4) is 0 Å². The van der Waals surface area contributed by atoms with Crippen molar-refractivity contribution >= 4 is 12.4 Å². The van der Waals surface area contributed by atoms with Gasteiger partial charge in [0.1, 0.15) is 0 Å². The van der Waals surface area contributed by atoms with Crippen LogP contribution >= 0.6 is 12.4 Å². The summed E-state index contributed by atoms with van der Waals surface area (Å²) in [5, 5.41) is 3.89. The van der Waals surface area contributed by atoms with E-state index in [2.05, 4.69) is 15.1 Å². The highest BCUT2D eigenvalue weighted by Crippen LogP contribution is 2.12. The highest BCUT2D eigenvalue weighted by Gasteiger charge is 2.12. The standard InChI is InChI=1S/C11H14N4O.ClH/c1-2-9(12)11-14-10(15-16-11)6-8-4-3-5-13-7-8;/h3-5,7,9H,2,6,12H2,1H3;1H/t9-;/m0./s1. The third kappa shape index (κ3) is 3.51. The molecule has 2 aromatic rings. The number of halogens is 1. The number of hydrogen-bond donors (Lipinski definition) is 1. The lowest BCUT2D eigenvalue weighted by molar-refractivity contribution is 0.348. The lowest BCUT2D eigenvalue weighted by atomic mass is 10.2. The van der Waals surface area contributed by atoms with Gasteiger partial charge in [0.2, 0.25) is 5.89 Å². The monoisotopic (exact) mass is 254 g/mol. The van der Waals surface area contributed by atoms with Gasteiger partial charge in [-0.05, 0) is 18.1 Å². The van der Waals surface area contributed by atoms with Crippen LogP contribution in [0.5, 0.6) is 0 Å². The molecule has 5 nitrogen and oxygen atoms in total. The Morgan fingerprint density at radius 3 is 2.94 bits per heavy atom. The smallest absolute Gasteiger partial charge is 0.243 e. The molecule has 0 radical (unpaired) electrons. The Morgan fingerprint density at radius 1 is 1.47 bits per heavy atom. The summed E-state index contributed by atoms with van der Waals surface area (Å²) in [6, 6.07) is 3.69. The van der Waals surface area contributed by atoms with E-state index in [9.17, 15) is 0 Å². The number of aromatic nitrogens is 3. The first-order valence-corrected chi connectivity index (χ1v) is 5.26. The first-order chi connectivity index (χ1) is 7.79. The minimum Gasteiger partial charge on any atom is -0.338 e. The summed E-state index contributed by atoms with van der Waals surface area (Å²) in [7, 11) is 0. The Hall–Kier alpha value is -1.46. The zero-order valence-electron chi connectivity index (χ0n) is 9.54. The molecule has 0 amide bonds. The Balaban J connectivity index is 0.00000144. The van der Waals surface area contributed by atoms with Gasteiger partial charge in [-0.15, -0.1) is 12.4 Å². The molecular weight excluding hydrogens is 240 g/mol. The van der Waals surface area contributed by atoms with Crippen LogP contribution in [0.2, 0.25) is 0 Å². The topological polar surface area (TPSA) is 77.8 Å². The van der Waals surface area contributed by atoms with Gasteiger partial charge in [-0.1, -0.05) is 18.1 Å². The van der Waals surface area contributed by atoms with Crippen molar-refractivity contribution in [2.75, 3.05) is 0 Å². The number of nitrogens with two attached hydrogens (primary N) is 1. The fourth-order valence-electron chi connectivity index (χ4n) is 1.35. The van der Waals surface area contributed by atoms with Gasteiger partial charge in [0.05, 0.1) is 6.04 Å². The minimum atomic E-state index is -0.171. The molecule has 6 heteroatoms. The minimum absolute atomic E-state index is 0. The van der Waals surface area contributed by atoms with Crippen molar-refractivity contribution in [3.63, 3.8) is 0 Å². The van der Waals surface area contributed by atoms with E-state index >= 15 is 0 Å². The van der Waals surface area contributed by atoms with Crippen LogP contribution < -0.4 is 5.73 Å². The van der Waals surface area contributed by atoms with E-state index in [0.717, 1.165) is 12.0 Å². The van der Waals surface area contributed by atoms with E-state index < -0.39 is 0 Å². The Bertz CT molecular complexity index is 446. The maximum absolute atomic E-state index is 5.79. The second-order valence-electron chi connectivity index (χ2n) is 3.60. The third-order valence-electron chi connectivity index (χ3n) is 2.33. The molecule has 0 spiro atoms. The predicted molar refractivity (Wildman–Crippen MR) is 65.8 cm³/mol. The average molecular weight is 255 g/mol. The fraction of sp³-hybridized carbons (Fsp3) is 0.364. The molecule has 0 aliphatic carbocycles. The quantitative estimate of drug-likeness (QED) is 0.901. The van der Waals surface area contributed by atoms with Crippen LogP contribution in [0.25, 0.3) is 0 Å². The van der Waals surface area contributed by atoms with E-state index in [0.29, 0.717) is 18.1 Å². The number of nitrogens with zero attached hydrogens (tertiary/aromatic N) is 3. The fourth-order valence-corrected chi connectivity index (χ4v) is 1.35. The van der Waals surface area contributed by atoms with Crippen LogP contribution in [0.15, 0.2) is 29.0 Å². The molecule has 0 saturated heterocycles. The Kier molecular flexibility index (Phi) is 5.06. The second kappa shape index (κ2) is 6.32. The molecule has 2 aromatic heterocycles. The van der Waals surface area contributed by atoms with Gasteiger partial charge in [-0.25, -0.2) is 0 Å². The van der Waals surface area contributed by atoms with E-state index in [-0.39, 0.29) is 18.4 Å². The molecule has 0 aliphatic rings. The van der Waals surface area contributed by atoms with Gasteiger partial charge in [-0.3, -0.25) is 4.98 Å². The Morgan fingerprint density at radius 2 is 2.29 bits per heavy atom. The third-order valence-corrected chi connectivity index (χ3v) is 2.33. The van der Waals surface area contributed by atoms with E-state index in [4.69, 9.17) is 10.3 Å². The number of rotatable bonds is 4. The SMILES string of the molecule is CC[C@H](N)c1nc(Cc2cccnc2)no1.Cl. The van der Waals surface area contributed by atoms with Crippen LogP contribution in [0.1, 0.15) is 36.7 Å². The van der Waals surface area contributed by atoms with Crippen molar-refractivity contribution in [3.05, 3.63) is 41.8 Å². The highest BCUT2D eigenvalue weighted by atomic mass is 35.5. The number of hydrogen-bond acceptors (Lipinski definition) is 5. The normalized spacial score (nSPS) is 11.9. The lowest BCUT2D eigenvalue weighted by Gasteiger charge is -1.99. The predicted octanol–water partition coefficient (Wildman–Crippen LogP) is 1.89. The maximum Gasteiger partial charge on any atom is 0.243 e. The summed E-state index contributed by atoms with van der Waals surface area (Å²) in [6.07, 6.45) is 4.93. The molecule has 2 heterocycles. The van der Waals surface area contributed by atoms with Gasteiger partial charge in [-0.2, -0.15) is 4.98 Å². The molecule has 2 N–H and O–H groups in total.